The zero-order chi connectivity index (χ0) is 20.9. The van der Waals surface area contributed by atoms with Crippen LogP contribution in [-0.4, -0.2) is 36.2 Å². The number of anilines is 2. The Morgan fingerprint density at radius 2 is 2.00 bits per heavy atom. The predicted molar refractivity (Wildman–Crippen MR) is 106 cm³/mol. The molecule has 3 rings (SSSR count). The normalized spacial score (nSPS) is 11.6. The second-order valence-corrected chi connectivity index (χ2v) is 7.57. The molecule has 0 atom stereocenters. The summed E-state index contributed by atoms with van der Waals surface area (Å²) in [5.41, 5.74) is 2.00. The van der Waals surface area contributed by atoms with Crippen LogP contribution in [0, 0.1) is 18.3 Å². The molecule has 0 unspecified atom stereocenters. The molecule has 0 fully saturated rings. The van der Waals surface area contributed by atoms with Crippen LogP contribution in [-0.2, 0) is 10.0 Å². The van der Waals surface area contributed by atoms with Crippen molar-refractivity contribution in [2.75, 3.05) is 17.1 Å². The first-order valence-corrected chi connectivity index (χ1v) is 9.79. The molecule has 3 aromatic rings. The van der Waals surface area contributed by atoms with Crippen molar-refractivity contribution in [2.45, 2.75) is 11.8 Å². The second kappa shape index (κ2) is 8.41. The lowest BCUT2D eigenvalue weighted by molar-refractivity contribution is 0.417. The molecule has 0 aliphatic rings. The number of nitrogens with zero attached hydrogens (tertiary/aromatic N) is 4. The van der Waals surface area contributed by atoms with E-state index < -0.39 is 10.0 Å². The fourth-order valence-corrected chi connectivity index (χ4v) is 3.48. The number of allylic oxidation sites excluding steroid dienone is 1. The number of H-pyrrole nitrogens is 1. The molecule has 0 aliphatic carbocycles. The van der Waals surface area contributed by atoms with E-state index in [0.717, 1.165) is 5.56 Å². The van der Waals surface area contributed by atoms with Gasteiger partial charge in [-0.05, 0) is 54.1 Å². The van der Waals surface area contributed by atoms with Crippen LogP contribution >= 0.6 is 0 Å². The Bertz CT molecular complexity index is 1170. The van der Waals surface area contributed by atoms with Gasteiger partial charge in [-0.15, -0.1) is 10.2 Å². The number of rotatable bonds is 7. The maximum Gasteiger partial charge on any atom is 0.262 e. The number of ether oxygens (including phenoxy) is 1. The van der Waals surface area contributed by atoms with E-state index in [0.29, 0.717) is 17.1 Å². The number of nitrogens with one attached hydrogen (secondary N) is 3. The smallest absolute Gasteiger partial charge is 0.262 e. The van der Waals surface area contributed by atoms with Gasteiger partial charge in [0.25, 0.3) is 10.0 Å². The van der Waals surface area contributed by atoms with Crippen LogP contribution in [0.2, 0.25) is 0 Å². The molecule has 1 heterocycles. The first-order valence-electron chi connectivity index (χ1n) is 8.31. The quantitative estimate of drug-likeness (QED) is 0.502. The molecule has 2 aromatic carbocycles. The Kier molecular flexibility index (Phi) is 5.75. The average molecular weight is 411 g/mol. The third-order valence-corrected chi connectivity index (χ3v) is 5.24. The molecule has 0 radical (unpaired) electrons. The van der Waals surface area contributed by atoms with E-state index in [1.165, 1.54) is 25.4 Å². The van der Waals surface area contributed by atoms with Gasteiger partial charge < -0.3 is 10.1 Å². The van der Waals surface area contributed by atoms with Crippen LogP contribution in [0.25, 0.3) is 5.57 Å². The van der Waals surface area contributed by atoms with Crippen LogP contribution in [0.5, 0.6) is 5.75 Å². The Morgan fingerprint density at radius 1 is 1.24 bits per heavy atom. The summed E-state index contributed by atoms with van der Waals surface area (Å²) in [7, 11) is -2.34. The summed E-state index contributed by atoms with van der Waals surface area (Å²) >= 11 is 0. The zero-order valence-corrected chi connectivity index (χ0v) is 16.4. The van der Waals surface area contributed by atoms with Gasteiger partial charge in [-0.1, -0.05) is 6.07 Å². The van der Waals surface area contributed by atoms with Crippen LogP contribution in [0.4, 0.5) is 11.4 Å². The first kappa shape index (κ1) is 19.8. The number of methoxy groups -OCH3 is 1. The molecular weight excluding hydrogens is 394 g/mol. The van der Waals surface area contributed by atoms with E-state index in [-0.39, 0.29) is 16.3 Å². The van der Waals surface area contributed by atoms with Gasteiger partial charge >= 0.3 is 0 Å². The van der Waals surface area contributed by atoms with E-state index in [1.54, 1.807) is 24.3 Å². The fourth-order valence-electron chi connectivity index (χ4n) is 2.41. The Morgan fingerprint density at radius 3 is 2.62 bits per heavy atom. The molecule has 0 bridgehead atoms. The van der Waals surface area contributed by atoms with Crippen molar-refractivity contribution in [3.63, 3.8) is 0 Å². The molecular formula is C18H17N7O3S. The Hall–Kier alpha value is -3.91. The van der Waals surface area contributed by atoms with E-state index >= 15 is 0 Å². The molecule has 10 nitrogen and oxygen atoms in total. The van der Waals surface area contributed by atoms with Crippen molar-refractivity contribution in [1.29, 1.82) is 5.26 Å². The molecule has 29 heavy (non-hydrogen) atoms. The predicted octanol–water partition coefficient (Wildman–Crippen LogP) is 2.29. The van der Waals surface area contributed by atoms with E-state index in [9.17, 15) is 8.42 Å². The monoisotopic (exact) mass is 411 g/mol. The number of aryl methyl sites for hydroxylation is 1. The maximum absolute atomic E-state index is 12.7. The van der Waals surface area contributed by atoms with Crippen molar-refractivity contribution < 1.29 is 13.2 Å². The highest BCUT2D eigenvalue weighted by Crippen LogP contribution is 2.28. The van der Waals surface area contributed by atoms with Crippen LogP contribution in [0.1, 0.15) is 11.4 Å². The van der Waals surface area contributed by atoms with Crippen molar-refractivity contribution in [2.24, 2.45) is 0 Å². The van der Waals surface area contributed by atoms with Gasteiger partial charge in [-0.25, -0.2) is 8.42 Å². The summed E-state index contributed by atoms with van der Waals surface area (Å²) < 4.78 is 33.1. The van der Waals surface area contributed by atoms with Gasteiger partial charge in [0.2, 0.25) is 5.82 Å². The topological polar surface area (TPSA) is 146 Å². The van der Waals surface area contributed by atoms with Crippen LogP contribution < -0.4 is 14.8 Å². The summed E-state index contributed by atoms with van der Waals surface area (Å²) in [5.74, 6) is 0.573. The van der Waals surface area contributed by atoms with Gasteiger partial charge in [0.05, 0.1) is 17.7 Å². The highest BCUT2D eigenvalue weighted by molar-refractivity contribution is 7.92. The van der Waals surface area contributed by atoms with Gasteiger partial charge in [0.1, 0.15) is 17.4 Å². The van der Waals surface area contributed by atoms with Gasteiger partial charge in [-0.2, -0.15) is 10.5 Å². The summed E-state index contributed by atoms with van der Waals surface area (Å²) in [6.45, 7) is 1.86. The highest BCUT2D eigenvalue weighted by Gasteiger charge is 2.16. The number of tetrazole rings is 1. The lowest BCUT2D eigenvalue weighted by atomic mass is 10.2. The third kappa shape index (κ3) is 4.69. The minimum absolute atomic E-state index is 0.0780. The second-order valence-electron chi connectivity index (χ2n) is 5.88. The first-order chi connectivity index (χ1) is 13.9. The zero-order valence-electron chi connectivity index (χ0n) is 15.5. The lowest BCUT2D eigenvalue weighted by Gasteiger charge is -2.13. The summed E-state index contributed by atoms with van der Waals surface area (Å²) in [6, 6.07) is 13.2. The molecule has 0 amide bonds. The number of hydrogen-bond acceptors (Lipinski definition) is 8. The Balaban J connectivity index is 1.77. The molecule has 3 N–H and O–H groups in total. The number of aromatic amines is 1. The number of aromatic nitrogens is 4. The molecule has 0 saturated carbocycles. The van der Waals surface area contributed by atoms with Gasteiger partial charge in [0, 0.05) is 11.9 Å². The molecule has 1 aromatic heterocycles. The fraction of sp³-hybridized carbons (Fsp3) is 0.111. The standard InChI is InChI=1S/C18H17N7O3S/c1-12-3-8-17(28-2)16(9-12)23-29(26,27)15-6-4-14(5-7-15)20-11-13(10-19)18-21-24-25-22-18/h3-9,11,20,23H,1-2H3,(H,21,22,24,25). The number of sulfonamides is 1. The SMILES string of the molecule is COc1ccc(C)cc1NS(=O)(=O)c1ccc(NC=C(C#N)c2nn[nH]n2)cc1. The van der Waals surface area contributed by atoms with Crippen LogP contribution in [0.3, 0.4) is 0 Å². The Labute approximate surface area is 167 Å². The van der Waals surface area contributed by atoms with E-state index in [1.807, 2.05) is 19.1 Å². The largest absolute Gasteiger partial charge is 0.495 e. The van der Waals surface area contributed by atoms with Crippen LogP contribution in [0.15, 0.2) is 53.6 Å². The minimum Gasteiger partial charge on any atom is -0.495 e. The third-order valence-electron chi connectivity index (χ3n) is 3.85. The number of nitriles is 1. The van der Waals surface area contributed by atoms with Gasteiger partial charge in [-0.3, -0.25) is 4.72 Å². The maximum atomic E-state index is 12.7. The summed E-state index contributed by atoms with van der Waals surface area (Å²) in [5, 5.41) is 25.2. The molecule has 0 aliphatic heterocycles. The molecule has 0 spiro atoms. The van der Waals surface area contributed by atoms with Crippen molar-refractivity contribution in [3.05, 3.63) is 60.1 Å². The van der Waals surface area contributed by atoms with Gasteiger partial charge in [0.15, 0.2) is 0 Å². The number of benzene rings is 2. The van der Waals surface area contributed by atoms with E-state index in [2.05, 4.69) is 30.7 Å². The van der Waals surface area contributed by atoms with Crippen molar-refractivity contribution in [3.8, 4) is 11.8 Å². The lowest BCUT2D eigenvalue weighted by Crippen LogP contribution is -2.13. The molecule has 11 heteroatoms. The minimum atomic E-state index is -3.81. The summed E-state index contributed by atoms with van der Waals surface area (Å²) in [6.07, 6.45) is 1.41. The molecule has 148 valence electrons. The van der Waals surface area contributed by atoms with E-state index in [4.69, 9.17) is 10.00 Å². The summed E-state index contributed by atoms with van der Waals surface area (Å²) in [4.78, 5) is 0.0780. The average Bonchev–Trinajstić information content (AvgIpc) is 3.23. The van der Waals surface area contributed by atoms with Crippen molar-refractivity contribution >= 4 is 27.0 Å². The number of hydrogen-bond donors (Lipinski definition) is 3. The molecule has 0 saturated heterocycles. The highest BCUT2D eigenvalue weighted by atomic mass is 32.2. The van der Waals surface area contributed by atoms with Crippen molar-refractivity contribution in [1.82, 2.24) is 20.6 Å².